The summed E-state index contributed by atoms with van der Waals surface area (Å²) < 4.78 is 15.4. The Kier molecular flexibility index (Phi) is 6.00. The van der Waals surface area contributed by atoms with Crippen LogP contribution < -0.4 is 9.47 Å². The maximum atomic E-state index is 12.3. The molecule has 6 nitrogen and oxygen atoms in total. The van der Waals surface area contributed by atoms with E-state index in [1.807, 2.05) is 13.8 Å². The van der Waals surface area contributed by atoms with Gasteiger partial charge in [-0.25, -0.2) is 4.79 Å². The number of nitrogens with one attached hydrogen (secondary N) is 1. The number of methoxy groups -OCH3 is 2. The highest BCUT2D eigenvalue weighted by Gasteiger charge is 2.14. The molecule has 0 atom stereocenters. The van der Waals surface area contributed by atoms with E-state index in [0.717, 1.165) is 17.0 Å². The van der Waals surface area contributed by atoms with E-state index in [4.69, 9.17) is 9.47 Å². The van der Waals surface area contributed by atoms with Gasteiger partial charge in [0, 0.05) is 23.0 Å². The number of carbonyl (C=O) groups is 2. The van der Waals surface area contributed by atoms with Gasteiger partial charge in [0.25, 0.3) is 0 Å². The normalized spacial score (nSPS) is 10.7. The monoisotopic (exact) mass is 343 g/mol. The van der Waals surface area contributed by atoms with Crippen LogP contribution >= 0.6 is 0 Å². The van der Waals surface area contributed by atoms with Crippen LogP contribution in [0.2, 0.25) is 0 Å². The molecule has 0 saturated carbocycles. The van der Waals surface area contributed by atoms with Gasteiger partial charge >= 0.3 is 5.97 Å². The zero-order valence-electron chi connectivity index (χ0n) is 14.7. The fourth-order valence-corrected chi connectivity index (χ4v) is 2.37. The van der Waals surface area contributed by atoms with Crippen molar-refractivity contribution >= 4 is 17.8 Å². The van der Waals surface area contributed by atoms with E-state index in [1.54, 1.807) is 30.3 Å². The van der Waals surface area contributed by atoms with E-state index in [0.29, 0.717) is 17.1 Å². The number of Topliss-reactive ketones (excluding diaryl/α,β-unsaturated/α-hetero) is 1. The lowest BCUT2D eigenvalue weighted by Crippen LogP contribution is -2.12. The Labute approximate surface area is 146 Å². The molecule has 0 fully saturated rings. The zero-order chi connectivity index (χ0) is 18.4. The second-order valence-electron chi connectivity index (χ2n) is 5.47. The van der Waals surface area contributed by atoms with E-state index in [1.165, 1.54) is 20.3 Å². The smallest absolute Gasteiger partial charge is 0.330 e. The molecule has 6 heteroatoms. The number of aromatic amines is 1. The van der Waals surface area contributed by atoms with E-state index >= 15 is 0 Å². The molecule has 0 spiro atoms. The second-order valence-corrected chi connectivity index (χ2v) is 5.47. The number of ketones is 1. The van der Waals surface area contributed by atoms with E-state index in [2.05, 4.69) is 9.72 Å². The zero-order valence-corrected chi connectivity index (χ0v) is 14.7. The van der Waals surface area contributed by atoms with Crippen molar-refractivity contribution in [3.63, 3.8) is 0 Å². The van der Waals surface area contributed by atoms with Crippen LogP contribution in [0.1, 0.15) is 27.3 Å². The highest BCUT2D eigenvalue weighted by Crippen LogP contribution is 2.28. The molecule has 0 radical (unpaired) electrons. The molecular formula is C19H21NO5. The van der Waals surface area contributed by atoms with Gasteiger partial charge in [-0.05, 0) is 43.7 Å². The van der Waals surface area contributed by atoms with Crippen LogP contribution in [0.15, 0.2) is 30.3 Å². The number of benzene rings is 1. The molecule has 0 saturated heterocycles. The standard InChI is InChI=1S/C19H21NO5/c1-12-9-15(13(2)20-12)16(21)11-25-17-7-5-14(10-18(17)23-3)6-8-19(22)24-4/h5-10,20H,11H2,1-4H3/b8-6-. The summed E-state index contributed by atoms with van der Waals surface area (Å²) in [6.07, 6.45) is 2.92. The molecule has 132 valence electrons. The van der Waals surface area contributed by atoms with Crippen molar-refractivity contribution in [1.82, 2.24) is 4.98 Å². The minimum absolute atomic E-state index is 0.0914. The lowest BCUT2D eigenvalue weighted by Gasteiger charge is -2.11. The molecule has 25 heavy (non-hydrogen) atoms. The number of aryl methyl sites for hydroxylation is 2. The second kappa shape index (κ2) is 8.19. The summed E-state index contributed by atoms with van der Waals surface area (Å²) in [6, 6.07) is 6.97. The number of hydrogen-bond acceptors (Lipinski definition) is 5. The lowest BCUT2D eigenvalue weighted by atomic mass is 10.1. The molecule has 2 rings (SSSR count). The molecule has 1 heterocycles. The Morgan fingerprint density at radius 2 is 1.88 bits per heavy atom. The largest absolute Gasteiger partial charge is 0.493 e. The van der Waals surface area contributed by atoms with Crippen molar-refractivity contribution in [3.05, 3.63) is 52.9 Å². The molecule has 1 N–H and O–H groups in total. The SMILES string of the molecule is COC(=O)/C=C\c1ccc(OCC(=O)c2cc(C)[nH]c2C)c(OC)c1. The van der Waals surface area contributed by atoms with Gasteiger partial charge in [-0.2, -0.15) is 0 Å². The Hall–Kier alpha value is -3.02. The number of esters is 1. The minimum atomic E-state index is -0.443. The lowest BCUT2D eigenvalue weighted by molar-refractivity contribution is -0.134. The fourth-order valence-electron chi connectivity index (χ4n) is 2.37. The Bertz CT molecular complexity index is 804. The van der Waals surface area contributed by atoms with E-state index in [-0.39, 0.29) is 12.4 Å². The molecular weight excluding hydrogens is 322 g/mol. The van der Waals surface area contributed by atoms with Crippen LogP contribution in [0.4, 0.5) is 0 Å². The van der Waals surface area contributed by atoms with Gasteiger partial charge in [0.15, 0.2) is 18.1 Å². The summed E-state index contributed by atoms with van der Waals surface area (Å²) in [6.45, 7) is 3.66. The van der Waals surface area contributed by atoms with E-state index in [9.17, 15) is 9.59 Å². The molecule has 0 aliphatic heterocycles. The van der Waals surface area contributed by atoms with Crippen LogP contribution in [0.3, 0.4) is 0 Å². The number of aromatic nitrogens is 1. The first-order valence-electron chi connectivity index (χ1n) is 7.71. The predicted molar refractivity (Wildman–Crippen MR) is 94.1 cm³/mol. The minimum Gasteiger partial charge on any atom is -0.493 e. The van der Waals surface area contributed by atoms with Gasteiger partial charge < -0.3 is 19.2 Å². The number of ether oxygens (including phenoxy) is 3. The van der Waals surface area contributed by atoms with Crippen LogP contribution in [0, 0.1) is 13.8 Å². The molecule has 1 aromatic carbocycles. The van der Waals surface area contributed by atoms with Crippen LogP contribution in [-0.4, -0.2) is 37.6 Å². The maximum Gasteiger partial charge on any atom is 0.330 e. The van der Waals surface area contributed by atoms with Crippen molar-refractivity contribution in [2.45, 2.75) is 13.8 Å². The predicted octanol–water partition coefficient (Wildman–Crippen LogP) is 3.09. The van der Waals surface area contributed by atoms with Crippen LogP contribution in [0.5, 0.6) is 11.5 Å². The van der Waals surface area contributed by atoms with Crippen molar-refractivity contribution in [2.24, 2.45) is 0 Å². The summed E-state index contributed by atoms with van der Waals surface area (Å²) in [5, 5.41) is 0. The van der Waals surface area contributed by atoms with Gasteiger partial charge in [0.05, 0.1) is 14.2 Å². The Morgan fingerprint density at radius 1 is 1.12 bits per heavy atom. The third kappa shape index (κ3) is 4.73. The molecule has 0 bridgehead atoms. The average molecular weight is 343 g/mol. The first-order chi connectivity index (χ1) is 11.9. The molecule has 0 unspecified atom stereocenters. The number of hydrogen-bond donors (Lipinski definition) is 1. The highest BCUT2D eigenvalue weighted by molar-refractivity contribution is 5.98. The van der Waals surface area contributed by atoms with Crippen LogP contribution in [-0.2, 0) is 9.53 Å². The van der Waals surface area contributed by atoms with E-state index < -0.39 is 5.97 Å². The van der Waals surface area contributed by atoms with Crippen molar-refractivity contribution in [2.75, 3.05) is 20.8 Å². The van der Waals surface area contributed by atoms with Gasteiger partial charge in [0.2, 0.25) is 5.78 Å². The third-order valence-corrected chi connectivity index (χ3v) is 3.61. The first kappa shape index (κ1) is 18.3. The van der Waals surface area contributed by atoms with Crippen LogP contribution in [0.25, 0.3) is 6.08 Å². The quantitative estimate of drug-likeness (QED) is 0.475. The summed E-state index contributed by atoms with van der Waals surface area (Å²) >= 11 is 0. The fraction of sp³-hybridized carbons (Fsp3) is 0.263. The van der Waals surface area contributed by atoms with Gasteiger partial charge in [-0.1, -0.05) is 6.07 Å². The van der Waals surface area contributed by atoms with Gasteiger partial charge in [-0.3, -0.25) is 4.79 Å². The topological polar surface area (TPSA) is 77.6 Å². The number of rotatable bonds is 7. The van der Waals surface area contributed by atoms with Crippen molar-refractivity contribution < 1.29 is 23.8 Å². The Morgan fingerprint density at radius 3 is 2.48 bits per heavy atom. The number of H-pyrrole nitrogens is 1. The summed E-state index contributed by atoms with van der Waals surface area (Å²) in [7, 11) is 2.83. The number of carbonyl (C=O) groups excluding carboxylic acids is 2. The first-order valence-corrected chi connectivity index (χ1v) is 7.71. The molecule has 0 aliphatic rings. The average Bonchev–Trinajstić information content (AvgIpc) is 2.96. The third-order valence-electron chi connectivity index (χ3n) is 3.61. The molecule has 2 aromatic rings. The maximum absolute atomic E-state index is 12.3. The molecule has 0 amide bonds. The summed E-state index contributed by atoms with van der Waals surface area (Å²) in [4.78, 5) is 26.5. The van der Waals surface area contributed by atoms with Crippen molar-refractivity contribution in [3.8, 4) is 11.5 Å². The Balaban J connectivity index is 2.09. The van der Waals surface area contributed by atoms with Crippen molar-refractivity contribution in [1.29, 1.82) is 0 Å². The van der Waals surface area contributed by atoms with Gasteiger partial charge in [-0.15, -0.1) is 0 Å². The summed E-state index contributed by atoms with van der Waals surface area (Å²) in [5.41, 5.74) is 3.12. The van der Waals surface area contributed by atoms with Gasteiger partial charge in [0.1, 0.15) is 0 Å². The summed E-state index contributed by atoms with van der Waals surface area (Å²) in [5.74, 6) is 0.374. The highest BCUT2D eigenvalue weighted by atomic mass is 16.5. The molecule has 1 aromatic heterocycles. The molecule has 0 aliphatic carbocycles.